The molecule has 0 fully saturated rings. The number of benzene rings is 12. The highest BCUT2D eigenvalue weighted by Crippen LogP contribution is 2.49. The van der Waals surface area contributed by atoms with E-state index < -0.39 is 0 Å². The number of rotatable bonds is 10. The van der Waals surface area contributed by atoms with Gasteiger partial charge in [-0.25, -0.2) is 0 Å². The molecular weight excluding hydrogens is 857 g/mol. The molecule has 0 heterocycles. The van der Waals surface area contributed by atoms with Gasteiger partial charge in [0, 0.05) is 40.0 Å². The number of para-hydroxylation sites is 1. The summed E-state index contributed by atoms with van der Waals surface area (Å²) in [7, 11) is 0. The van der Waals surface area contributed by atoms with Crippen molar-refractivity contribution in [3.05, 3.63) is 302 Å². The van der Waals surface area contributed by atoms with Crippen molar-refractivity contribution in [2.24, 2.45) is 0 Å². The fourth-order valence-electron chi connectivity index (χ4n) is 11.0. The predicted molar refractivity (Wildman–Crippen MR) is 300 cm³/mol. The molecule has 71 heavy (non-hydrogen) atoms. The highest BCUT2D eigenvalue weighted by atomic mass is 15.1. The van der Waals surface area contributed by atoms with E-state index in [4.69, 9.17) is 0 Å². The third-order valence-electron chi connectivity index (χ3n) is 14.3. The van der Waals surface area contributed by atoms with E-state index in [-0.39, 0.29) is 5.92 Å². The Labute approximate surface area is 415 Å². The van der Waals surface area contributed by atoms with Gasteiger partial charge in [0.25, 0.3) is 0 Å². The first-order valence-corrected chi connectivity index (χ1v) is 24.5. The zero-order valence-electron chi connectivity index (χ0n) is 39.1. The Morgan fingerprint density at radius 3 is 1.25 bits per heavy atom. The summed E-state index contributed by atoms with van der Waals surface area (Å²) in [5.74, 6) is 0.206. The molecular formula is C69H48N2. The average molecular weight is 905 g/mol. The largest absolute Gasteiger partial charge is 0.311 e. The van der Waals surface area contributed by atoms with Gasteiger partial charge >= 0.3 is 0 Å². The minimum atomic E-state index is 0.206. The SMILES string of the molecule is c1ccc(-c2cccc(N(c3ccc(-c4cccc5cccc(-c6ccc(N(c7ccccc7)c7ccc(C8c9ccccc9-c9ccccc98)cc7)cc6)c45)cc3)c3ccc4ccccc4c3)c2)cc1. The summed E-state index contributed by atoms with van der Waals surface area (Å²) < 4.78 is 0. The van der Waals surface area contributed by atoms with Crippen LogP contribution in [0.15, 0.2) is 285 Å². The molecule has 1 aliphatic carbocycles. The van der Waals surface area contributed by atoms with Crippen LogP contribution in [0.1, 0.15) is 22.6 Å². The van der Waals surface area contributed by atoms with E-state index in [1.54, 1.807) is 0 Å². The molecule has 0 bridgehead atoms. The average Bonchev–Trinajstić information content (AvgIpc) is 3.78. The summed E-state index contributed by atoms with van der Waals surface area (Å²) in [6.45, 7) is 0. The molecule has 334 valence electrons. The molecule has 0 amide bonds. The molecule has 12 aromatic carbocycles. The van der Waals surface area contributed by atoms with Crippen molar-refractivity contribution < 1.29 is 0 Å². The van der Waals surface area contributed by atoms with Gasteiger partial charge in [0.1, 0.15) is 0 Å². The maximum absolute atomic E-state index is 2.37. The molecule has 1 aliphatic rings. The van der Waals surface area contributed by atoms with Crippen molar-refractivity contribution in [1.29, 1.82) is 0 Å². The maximum Gasteiger partial charge on any atom is 0.0468 e. The number of nitrogens with zero attached hydrogens (tertiary/aromatic N) is 2. The van der Waals surface area contributed by atoms with Crippen LogP contribution in [0.5, 0.6) is 0 Å². The second-order valence-electron chi connectivity index (χ2n) is 18.5. The lowest BCUT2D eigenvalue weighted by Gasteiger charge is -2.27. The van der Waals surface area contributed by atoms with Gasteiger partial charge in [0.2, 0.25) is 0 Å². The maximum atomic E-state index is 2.37. The zero-order valence-corrected chi connectivity index (χ0v) is 39.1. The van der Waals surface area contributed by atoms with Gasteiger partial charge in [-0.05, 0) is 156 Å². The van der Waals surface area contributed by atoms with E-state index >= 15 is 0 Å². The van der Waals surface area contributed by atoms with Gasteiger partial charge < -0.3 is 9.80 Å². The minimum absolute atomic E-state index is 0.206. The van der Waals surface area contributed by atoms with E-state index in [9.17, 15) is 0 Å². The fraction of sp³-hybridized carbons (Fsp3) is 0.0145. The molecule has 0 N–H and O–H groups in total. The Bertz CT molecular complexity index is 3810. The Morgan fingerprint density at radius 2 is 0.634 bits per heavy atom. The van der Waals surface area contributed by atoms with Crippen molar-refractivity contribution in [1.82, 2.24) is 0 Å². The van der Waals surface area contributed by atoms with Crippen LogP contribution in [0.3, 0.4) is 0 Å². The van der Waals surface area contributed by atoms with Gasteiger partial charge in [0.15, 0.2) is 0 Å². The van der Waals surface area contributed by atoms with Gasteiger partial charge in [-0.15, -0.1) is 0 Å². The topological polar surface area (TPSA) is 6.48 Å². The first-order chi connectivity index (χ1) is 35.2. The molecule has 0 aromatic heterocycles. The third kappa shape index (κ3) is 7.73. The van der Waals surface area contributed by atoms with Crippen molar-refractivity contribution in [3.63, 3.8) is 0 Å². The molecule has 0 radical (unpaired) electrons. The summed E-state index contributed by atoms with van der Waals surface area (Å²) in [4.78, 5) is 4.74. The summed E-state index contributed by atoms with van der Waals surface area (Å²) in [5.41, 5.74) is 20.5. The van der Waals surface area contributed by atoms with E-state index in [0.717, 1.165) is 34.1 Å². The standard InChI is InChI=1S/C69H48N2/c1-3-16-48(17-4-1)55-22-13-25-60(46-55)71(61-45-32-49-18-7-8-19-54(49)47-61)59-41-35-51(36-42-59)63-31-15-21-52-20-14-30-62(68(52)63)50-33-39-57(40-34-50)70(56-23-5-2-6-24-56)58-43-37-53(38-44-58)69-66-28-11-9-26-64(66)65-27-10-12-29-67(65)69/h1-47,69H. The molecule has 0 spiro atoms. The van der Waals surface area contributed by atoms with Crippen LogP contribution in [0.2, 0.25) is 0 Å². The molecule has 2 heteroatoms. The number of anilines is 6. The quantitative estimate of drug-likeness (QED) is 0.135. The van der Waals surface area contributed by atoms with E-state index in [0.29, 0.717) is 0 Å². The molecule has 13 rings (SSSR count). The van der Waals surface area contributed by atoms with Gasteiger partial charge in [0.05, 0.1) is 0 Å². The number of hydrogen-bond donors (Lipinski definition) is 0. The molecule has 0 saturated heterocycles. The molecule has 12 aromatic rings. The lowest BCUT2D eigenvalue weighted by molar-refractivity contribution is 1.01. The normalized spacial score (nSPS) is 11.9. The summed E-state index contributed by atoms with van der Waals surface area (Å²) in [6.07, 6.45) is 0. The summed E-state index contributed by atoms with van der Waals surface area (Å²) in [5, 5.41) is 4.88. The summed E-state index contributed by atoms with van der Waals surface area (Å²) in [6, 6.07) is 104. The molecule has 2 nitrogen and oxygen atoms in total. The molecule has 0 unspecified atom stereocenters. The Kier molecular flexibility index (Phi) is 10.6. The van der Waals surface area contributed by atoms with Crippen LogP contribution in [0, 0.1) is 0 Å². The minimum Gasteiger partial charge on any atom is -0.311 e. The zero-order chi connectivity index (χ0) is 47.1. The Hall–Kier alpha value is -9.24. The highest BCUT2D eigenvalue weighted by Gasteiger charge is 2.29. The monoisotopic (exact) mass is 904 g/mol. The lowest BCUT2D eigenvalue weighted by Crippen LogP contribution is -2.10. The van der Waals surface area contributed by atoms with E-state index in [1.807, 2.05) is 0 Å². The van der Waals surface area contributed by atoms with Crippen molar-refractivity contribution in [2.75, 3.05) is 9.80 Å². The van der Waals surface area contributed by atoms with Crippen LogP contribution >= 0.6 is 0 Å². The van der Waals surface area contributed by atoms with Crippen LogP contribution in [0.4, 0.5) is 34.1 Å². The van der Waals surface area contributed by atoms with Crippen LogP contribution < -0.4 is 9.80 Å². The third-order valence-corrected chi connectivity index (χ3v) is 14.3. The predicted octanol–water partition coefficient (Wildman–Crippen LogP) is 19.1. The Balaban J connectivity index is 0.847. The molecule has 0 aliphatic heterocycles. The van der Waals surface area contributed by atoms with Gasteiger partial charge in [-0.1, -0.05) is 212 Å². The van der Waals surface area contributed by atoms with Crippen LogP contribution in [-0.2, 0) is 0 Å². The van der Waals surface area contributed by atoms with Crippen LogP contribution in [-0.4, -0.2) is 0 Å². The van der Waals surface area contributed by atoms with Gasteiger partial charge in [-0.2, -0.15) is 0 Å². The first-order valence-electron chi connectivity index (χ1n) is 24.5. The van der Waals surface area contributed by atoms with Crippen molar-refractivity contribution >= 4 is 55.7 Å². The van der Waals surface area contributed by atoms with Gasteiger partial charge in [-0.3, -0.25) is 0 Å². The second kappa shape index (κ2) is 18.0. The molecule has 0 saturated carbocycles. The lowest BCUT2D eigenvalue weighted by atomic mass is 9.89. The summed E-state index contributed by atoms with van der Waals surface area (Å²) >= 11 is 0. The smallest absolute Gasteiger partial charge is 0.0468 e. The number of hydrogen-bond acceptors (Lipinski definition) is 2. The van der Waals surface area contributed by atoms with Crippen molar-refractivity contribution in [2.45, 2.75) is 5.92 Å². The first kappa shape index (κ1) is 41.9. The fourth-order valence-corrected chi connectivity index (χ4v) is 11.0. The second-order valence-corrected chi connectivity index (χ2v) is 18.5. The Morgan fingerprint density at radius 1 is 0.225 bits per heavy atom. The van der Waals surface area contributed by atoms with E-state index in [1.165, 1.54) is 82.7 Å². The highest BCUT2D eigenvalue weighted by molar-refractivity contribution is 6.07. The number of fused-ring (bicyclic) bond motifs is 5. The van der Waals surface area contributed by atoms with E-state index in [2.05, 4.69) is 295 Å². The van der Waals surface area contributed by atoms with Crippen LogP contribution in [0.25, 0.3) is 66.1 Å². The molecule has 0 atom stereocenters. The van der Waals surface area contributed by atoms with Crippen molar-refractivity contribution in [3.8, 4) is 44.5 Å².